The Morgan fingerprint density at radius 3 is 2.39 bits per heavy atom. The molecule has 0 radical (unpaired) electrons. The minimum Gasteiger partial charge on any atom is -0.478 e. The Morgan fingerprint density at radius 1 is 1.04 bits per heavy atom. The summed E-state index contributed by atoms with van der Waals surface area (Å²) in [4.78, 5) is 33.7. The van der Waals surface area contributed by atoms with E-state index < -0.39 is 5.97 Å². The van der Waals surface area contributed by atoms with Gasteiger partial charge in [0.15, 0.2) is 0 Å². The second-order valence-corrected chi connectivity index (χ2v) is 15.1. The van der Waals surface area contributed by atoms with Crippen LogP contribution in [0.4, 0.5) is 5.95 Å². The highest BCUT2D eigenvalue weighted by Gasteiger charge is 2.55. The number of carbonyl (C=O) groups excluding carboxylic acids is 1. The second-order valence-electron chi connectivity index (χ2n) is 14.2. The minimum atomic E-state index is -0.976. The molecule has 5 rings (SSSR count). The number of methoxy groups -OCH3 is 1. The van der Waals surface area contributed by atoms with Crippen LogP contribution in [-0.2, 0) is 9.53 Å². The second kappa shape index (κ2) is 14.0. The number of carboxylic acid groups (broad SMARTS) is 1. The van der Waals surface area contributed by atoms with Gasteiger partial charge in [-0.2, -0.15) is 4.98 Å². The molecule has 1 aromatic heterocycles. The fraction of sp³-hybridized carbons (Fsp3) is 0.500. The molecule has 0 aliphatic heterocycles. The highest BCUT2D eigenvalue weighted by Crippen LogP contribution is 2.59. The van der Waals surface area contributed by atoms with E-state index in [0.717, 1.165) is 65.8 Å². The molecule has 10 heteroatoms. The first-order chi connectivity index (χ1) is 21.8. The number of anilines is 1. The molecule has 2 aliphatic carbocycles. The van der Waals surface area contributed by atoms with Crippen molar-refractivity contribution < 1.29 is 24.2 Å². The van der Waals surface area contributed by atoms with Gasteiger partial charge in [-0.05, 0) is 104 Å². The van der Waals surface area contributed by atoms with E-state index in [9.17, 15) is 14.7 Å². The molecule has 3 aromatic rings. The number of nitrogens with one attached hydrogen (secondary N) is 2. The van der Waals surface area contributed by atoms with Crippen molar-refractivity contribution in [3.63, 3.8) is 0 Å². The number of hydrogen-bond donors (Lipinski definition) is 3. The molecule has 2 saturated carbocycles. The Hall–Kier alpha value is -3.63. The third-order valence-corrected chi connectivity index (χ3v) is 9.95. The first-order valence-electron chi connectivity index (χ1n) is 16.0. The lowest BCUT2D eigenvalue weighted by Crippen LogP contribution is -2.58. The Morgan fingerprint density at radius 2 is 1.74 bits per heavy atom. The van der Waals surface area contributed by atoms with Gasteiger partial charge in [-0.15, -0.1) is 0 Å². The Kier molecular flexibility index (Phi) is 10.3. The van der Waals surface area contributed by atoms with Crippen molar-refractivity contribution in [1.29, 1.82) is 0 Å². The van der Waals surface area contributed by atoms with Crippen molar-refractivity contribution >= 4 is 29.8 Å². The van der Waals surface area contributed by atoms with E-state index in [0.29, 0.717) is 24.5 Å². The topological polar surface area (TPSA) is 123 Å². The average molecular weight is 647 g/mol. The van der Waals surface area contributed by atoms with Crippen LogP contribution in [0.3, 0.4) is 0 Å². The molecule has 0 saturated heterocycles. The number of aryl methyl sites for hydroxylation is 2. The summed E-state index contributed by atoms with van der Waals surface area (Å²) in [7, 11) is 1.47. The number of ether oxygens (including phenoxy) is 2. The van der Waals surface area contributed by atoms with Crippen LogP contribution in [0.15, 0.2) is 53.4 Å². The number of carboxylic acids is 1. The zero-order valence-corrected chi connectivity index (χ0v) is 28.5. The summed E-state index contributed by atoms with van der Waals surface area (Å²) in [6, 6.07) is 15.3. The molecule has 9 nitrogen and oxygen atoms in total. The number of benzene rings is 2. The van der Waals surface area contributed by atoms with Gasteiger partial charge in [0.2, 0.25) is 11.8 Å². The van der Waals surface area contributed by atoms with E-state index in [1.807, 2.05) is 18.2 Å². The number of aromatic nitrogens is 2. The summed E-state index contributed by atoms with van der Waals surface area (Å²) >= 11 is 1.26. The van der Waals surface area contributed by atoms with E-state index >= 15 is 0 Å². The van der Waals surface area contributed by atoms with Crippen molar-refractivity contribution in [2.24, 2.45) is 16.7 Å². The lowest BCUT2D eigenvalue weighted by molar-refractivity contribution is -0.159. The summed E-state index contributed by atoms with van der Waals surface area (Å²) in [5.41, 5.74) is 4.68. The molecule has 0 bridgehead atoms. The normalized spacial score (nSPS) is 21.2. The number of aromatic carboxylic acids is 1. The molecule has 246 valence electrons. The van der Waals surface area contributed by atoms with Crippen molar-refractivity contribution in [3.8, 4) is 17.1 Å². The molecule has 2 aliphatic rings. The number of esters is 1. The van der Waals surface area contributed by atoms with Gasteiger partial charge in [0.05, 0.1) is 24.3 Å². The first-order valence-corrected chi connectivity index (χ1v) is 16.8. The van der Waals surface area contributed by atoms with Gasteiger partial charge < -0.3 is 19.9 Å². The summed E-state index contributed by atoms with van der Waals surface area (Å²) in [5.74, 6) is -0.147. The highest BCUT2D eigenvalue weighted by molar-refractivity contribution is 8.00. The molecular weight excluding hydrogens is 600 g/mol. The average Bonchev–Trinajstić information content (AvgIpc) is 2.96. The first kappa shape index (κ1) is 33.7. The number of nitrogens with zero attached hydrogens (tertiary/aromatic N) is 2. The van der Waals surface area contributed by atoms with E-state index in [1.54, 1.807) is 18.2 Å². The summed E-state index contributed by atoms with van der Waals surface area (Å²) < 4.78 is 14.6. The maximum atomic E-state index is 11.9. The van der Waals surface area contributed by atoms with Gasteiger partial charge in [0.1, 0.15) is 6.61 Å². The third kappa shape index (κ3) is 8.39. The van der Waals surface area contributed by atoms with Gasteiger partial charge in [-0.1, -0.05) is 45.0 Å². The van der Waals surface area contributed by atoms with E-state index in [2.05, 4.69) is 56.8 Å². The molecule has 3 N–H and O–H groups in total. The van der Waals surface area contributed by atoms with Crippen LogP contribution in [0.5, 0.6) is 5.88 Å². The molecule has 0 amide bonds. The largest absolute Gasteiger partial charge is 0.478 e. The van der Waals surface area contributed by atoms with Crippen LogP contribution in [0.25, 0.3) is 11.3 Å². The van der Waals surface area contributed by atoms with Gasteiger partial charge in [0.25, 0.3) is 0 Å². The number of carbonyl (C=O) groups is 2. The van der Waals surface area contributed by atoms with E-state index in [-0.39, 0.29) is 34.3 Å². The molecule has 1 atom stereocenters. The van der Waals surface area contributed by atoms with Gasteiger partial charge in [0, 0.05) is 28.6 Å². The smallest absolute Gasteiger partial charge is 0.335 e. The van der Waals surface area contributed by atoms with Crippen LogP contribution >= 0.6 is 11.9 Å². The Balaban J connectivity index is 1.31. The third-order valence-electron chi connectivity index (χ3n) is 9.18. The van der Waals surface area contributed by atoms with Crippen LogP contribution in [0.2, 0.25) is 0 Å². The van der Waals surface area contributed by atoms with Crippen LogP contribution in [0.1, 0.15) is 80.8 Å². The number of rotatable bonds is 13. The van der Waals surface area contributed by atoms with Gasteiger partial charge in [-0.25, -0.2) is 9.78 Å². The van der Waals surface area contributed by atoms with E-state index in [4.69, 9.17) is 19.4 Å². The van der Waals surface area contributed by atoms with Crippen LogP contribution in [0, 0.1) is 30.6 Å². The van der Waals surface area contributed by atoms with Gasteiger partial charge >= 0.3 is 11.9 Å². The SMILES string of the molecule is COC(=O)C1CC2(CC(NC(CCC(C)(C)C)COc3cc(-c4c(C)cccc4C)nc(NSc4cccc(C(=O)O)c4)n3)C2)C1. The molecule has 2 fully saturated rings. The summed E-state index contributed by atoms with van der Waals surface area (Å²) in [6.45, 7) is 11.4. The van der Waals surface area contributed by atoms with Crippen molar-refractivity contribution in [1.82, 2.24) is 15.3 Å². The van der Waals surface area contributed by atoms with Crippen LogP contribution < -0.4 is 14.8 Å². The fourth-order valence-corrected chi connectivity index (χ4v) is 7.42. The van der Waals surface area contributed by atoms with E-state index in [1.165, 1.54) is 19.1 Å². The highest BCUT2D eigenvalue weighted by atomic mass is 32.2. The Bertz CT molecular complexity index is 1540. The molecular formula is C36H46N4O5S. The molecule has 2 aromatic carbocycles. The summed E-state index contributed by atoms with van der Waals surface area (Å²) in [6.07, 6.45) is 6.02. The molecule has 1 spiro atoms. The minimum absolute atomic E-state index is 0.0527. The van der Waals surface area contributed by atoms with Gasteiger partial charge in [-0.3, -0.25) is 9.52 Å². The molecule has 1 unspecified atom stereocenters. The van der Waals surface area contributed by atoms with Crippen molar-refractivity contribution in [2.45, 2.75) is 90.1 Å². The number of hydrogen-bond acceptors (Lipinski definition) is 9. The predicted molar refractivity (Wildman–Crippen MR) is 181 cm³/mol. The zero-order chi connectivity index (χ0) is 33.1. The fourth-order valence-electron chi connectivity index (χ4n) is 6.79. The lowest BCUT2D eigenvalue weighted by Gasteiger charge is -2.57. The predicted octanol–water partition coefficient (Wildman–Crippen LogP) is 7.47. The lowest BCUT2D eigenvalue weighted by atomic mass is 9.50. The quantitative estimate of drug-likeness (QED) is 0.127. The summed E-state index contributed by atoms with van der Waals surface area (Å²) in [5, 5.41) is 13.3. The maximum Gasteiger partial charge on any atom is 0.335 e. The van der Waals surface area contributed by atoms with Crippen LogP contribution in [-0.4, -0.2) is 52.8 Å². The van der Waals surface area contributed by atoms with Crippen molar-refractivity contribution in [3.05, 3.63) is 65.2 Å². The van der Waals surface area contributed by atoms with Crippen molar-refractivity contribution in [2.75, 3.05) is 18.4 Å². The molecule has 1 heterocycles. The standard InChI is InChI=1S/C36H46N4O5S/c1-22-9-7-10-23(2)31(22)29-16-30(39-34(38-29)40-46-28-12-8-11-24(15-28)32(41)42)45-21-26(13-14-35(3,4)5)37-27-19-36(20-27)17-25(18-36)33(43)44-6/h7-12,15-16,25-27,37H,13-14,17-21H2,1-6H3,(H,41,42)(H,38,39,40). The maximum absolute atomic E-state index is 11.9. The molecule has 46 heavy (non-hydrogen) atoms. The Labute approximate surface area is 276 Å². The monoisotopic (exact) mass is 646 g/mol. The zero-order valence-electron chi connectivity index (χ0n) is 27.7.